The molecule has 0 fully saturated rings. The van der Waals surface area contributed by atoms with E-state index in [1.165, 1.54) is 12.1 Å². The summed E-state index contributed by atoms with van der Waals surface area (Å²) in [5.74, 6) is 1.25. The molecule has 1 aromatic heterocycles. The molecule has 0 unspecified atom stereocenters. The minimum atomic E-state index is -0.442. The highest BCUT2D eigenvalue weighted by atomic mass is 16.6. The van der Waals surface area contributed by atoms with Gasteiger partial charge in [0, 0.05) is 29.9 Å². The summed E-state index contributed by atoms with van der Waals surface area (Å²) in [4.78, 5) is 23.2. The summed E-state index contributed by atoms with van der Waals surface area (Å²) in [6.07, 6.45) is 0. The van der Waals surface area contributed by atoms with Gasteiger partial charge in [-0.15, -0.1) is 0 Å². The van der Waals surface area contributed by atoms with Crippen LogP contribution in [0.15, 0.2) is 24.3 Å². The van der Waals surface area contributed by atoms with Crippen LogP contribution in [0.1, 0.15) is 27.7 Å². The van der Waals surface area contributed by atoms with Crippen LogP contribution in [0.25, 0.3) is 0 Å². The van der Waals surface area contributed by atoms with E-state index in [-0.39, 0.29) is 17.8 Å². The molecule has 0 bridgehead atoms. The van der Waals surface area contributed by atoms with E-state index in [2.05, 4.69) is 30.9 Å². The maximum absolute atomic E-state index is 10.7. The Balaban J connectivity index is 2.25. The van der Waals surface area contributed by atoms with Crippen molar-refractivity contribution in [2.75, 3.05) is 16.0 Å². The molecular weight excluding hydrogens is 310 g/mol. The molecule has 24 heavy (non-hydrogen) atoms. The Bertz CT molecular complexity index is 673. The normalized spacial score (nSPS) is 10.8. The summed E-state index contributed by atoms with van der Waals surface area (Å²) in [6.45, 7) is 7.96. The van der Waals surface area contributed by atoms with Crippen LogP contribution in [0, 0.1) is 10.1 Å². The number of nitrogens with zero attached hydrogens (tertiary/aromatic N) is 4. The molecule has 0 atom stereocenters. The van der Waals surface area contributed by atoms with E-state index in [0.29, 0.717) is 23.5 Å². The van der Waals surface area contributed by atoms with Gasteiger partial charge in [-0.1, -0.05) is 0 Å². The van der Waals surface area contributed by atoms with Crippen molar-refractivity contribution in [3.05, 3.63) is 34.4 Å². The highest BCUT2D eigenvalue weighted by molar-refractivity contribution is 5.57. The topological polar surface area (TPSA) is 118 Å². The van der Waals surface area contributed by atoms with E-state index in [4.69, 9.17) is 0 Å². The second-order valence-corrected chi connectivity index (χ2v) is 5.83. The Morgan fingerprint density at radius 2 is 1.33 bits per heavy atom. The standard InChI is InChI=1S/C15H21N7O2/c1-9(2)16-13-19-14(17-10(3)4)21-15(20-13)18-11-5-7-12(8-6-11)22(23)24/h5-10H,1-4H3,(H3,16,17,18,19,20,21). The Kier molecular flexibility index (Phi) is 5.46. The lowest BCUT2D eigenvalue weighted by Gasteiger charge is -2.14. The molecule has 0 saturated carbocycles. The maximum atomic E-state index is 10.7. The van der Waals surface area contributed by atoms with Crippen molar-refractivity contribution in [1.29, 1.82) is 0 Å². The Morgan fingerprint density at radius 1 is 0.875 bits per heavy atom. The number of aromatic nitrogens is 3. The zero-order chi connectivity index (χ0) is 17.7. The van der Waals surface area contributed by atoms with Gasteiger partial charge in [0.05, 0.1) is 4.92 Å². The van der Waals surface area contributed by atoms with Crippen LogP contribution in [0.4, 0.5) is 29.2 Å². The molecule has 9 heteroatoms. The summed E-state index contributed by atoms with van der Waals surface area (Å²) < 4.78 is 0. The van der Waals surface area contributed by atoms with Gasteiger partial charge in [0.2, 0.25) is 17.8 Å². The fourth-order valence-electron chi connectivity index (χ4n) is 1.87. The van der Waals surface area contributed by atoms with Crippen LogP contribution in [0.3, 0.4) is 0 Å². The third-order valence-electron chi connectivity index (χ3n) is 2.81. The number of nitro groups is 1. The molecule has 0 spiro atoms. The number of nitro benzene ring substituents is 1. The highest BCUT2D eigenvalue weighted by Gasteiger charge is 2.10. The zero-order valence-electron chi connectivity index (χ0n) is 14.1. The first-order chi connectivity index (χ1) is 11.3. The van der Waals surface area contributed by atoms with Gasteiger partial charge >= 0.3 is 0 Å². The lowest BCUT2D eigenvalue weighted by atomic mass is 10.3. The molecule has 1 aromatic carbocycles. The molecule has 128 valence electrons. The van der Waals surface area contributed by atoms with Crippen LogP contribution < -0.4 is 16.0 Å². The monoisotopic (exact) mass is 331 g/mol. The summed E-state index contributed by atoms with van der Waals surface area (Å²) in [7, 11) is 0. The highest BCUT2D eigenvalue weighted by Crippen LogP contribution is 2.19. The minimum Gasteiger partial charge on any atom is -0.352 e. The molecule has 0 aliphatic heterocycles. The number of non-ortho nitro benzene ring substituents is 1. The minimum absolute atomic E-state index is 0.0283. The summed E-state index contributed by atoms with van der Waals surface area (Å²) >= 11 is 0. The first-order valence-corrected chi connectivity index (χ1v) is 7.64. The molecule has 2 rings (SSSR count). The van der Waals surface area contributed by atoms with Gasteiger partial charge in [-0.05, 0) is 39.8 Å². The molecule has 0 amide bonds. The second kappa shape index (κ2) is 7.53. The number of hydrogen-bond donors (Lipinski definition) is 3. The lowest BCUT2D eigenvalue weighted by molar-refractivity contribution is -0.384. The molecule has 0 saturated heterocycles. The Labute approximate surface area is 140 Å². The predicted molar refractivity (Wildman–Crippen MR) is 93.7 cm³/mol. The number of rotatable bonds is 7. The van der Waals surface area contributed by atoms with Crippen molar-refractivity contribution in [2.45, 2.75) is 39.8 Å². The van der Waals surface area contributed by atoms with Crippen LogP contribution in [-0.2, 0) is 0 Å². The van der Waals surface area contributed by atoms with E-state index in [0.717, 1.165) is 0 Å². The average molecular weight is 331 g/mol. The first-order valence-electron chi connectivity index (χ1n) is 7.64. The quantitative estimate of drug-likeness (QED) is 0.523. The van der Waals surface area contributed by atoms with Gasteiger partial charge in [-0.3, -0.25) is 10.1 Å². The average Bonchev–Trinajstić information content (AvgIpc) is 2.46. The number of anilines is 4. The van der Waals surface area contributed by atoms with E-state index < -0.39 is 4.92 Å². The largest absolute Gasteiger partial charge is 0.352 e. The van der Waals surface area contributed by atoms with Crippen molar-refractivity contribution < 1.29 is 4.92 Å². The van der Waals surface area contributed by atoms with Gasteiger partial charge in [0.25, 0.3) is 5.69 Å². The first kappa shape index (κ1) is 17.4. The summed E-state index contributed by atoms with van der Waals surface area (Å²) in [6, 6.07) is 6.40. The predicted octanol–water partition coefficient (Wildman–Crippen LogP) is 3.16. The maximum Gasteiger partial charge on any atom is 0.269 e. The lowest BCUT2D eigenvalue weighted by Crippen LogP contribution is -2.18. The Hall–Kier alpha value is -2.97. The Morgan fingerprint density at radius 3 is 1.75 bits per heavy atom. The summed E-state index contributed by atoms with van der Waals surface area (Å²) in [5, 5.41) is 20.0. The van der Waals surface area contributed by atoms with Crippen LogP contribution in [-0.4, -0.2) is 32.0 Å². The van der Waals surface area contributed by atoms with Gasteiger partial charge in [0.15, 0.2) is 0 Å². The van der Waals surface area contributed by atoms with Crippen LogP contribution in [0.2, 0.25) is 0 Å². The van der Waals surface area contributed by atoms with Crippen LogP contribution >= 0.6 is 0 Å². The van der Waals surface area contributed by atoms with Crippen molar-refractivity contribution >= 4 is 29.2 Å². The van der Waals surface area contributed by atoms with Crippen molar-refractivity contribution in [3.8, 4) is 0 Å². The van der Waals surface area contributed by atoms with Gasteiger partial charge in [-0.25, -0.2) is 0 Å². The summed E-state index contributed by atoms with van der Waals surface area (Å²) in [5.41, 5.74) is 0.679. The number of hydrogen-bond acceptors (Lipinski definition) is 8. The SMILES string of the molecule is CC(C)Nc1nc(Nc2ccc([N+](=O)[O-])cc2)nc(NC(C)C)n1. The molecule has 0 aliphatic rings. The van der Waals surface area contributed by atoms with Gasteiger partial charge in [-0.2, -0.15) is 15.0 Å². The molecule has 1 heterocycles. The second-order valence-electron chi connectivity index (χ2n) is 5.83. The van der Waals surface area contributed by atoms with E-state index in [9.17, 15) is 10.1 Å². The van der Waals surface area contributed by atoms with Crippen molar-refractivity contribution in [1.82, 2.24) is 15.0 Å². The van der Waals surface area contributed by atoms with E-state index in [1.54, 1.807) is 12.1 Å². The molecular formula is C15H21N7O2. The molecule has 9 nitrogen and oxygen atoms in total. The molecule has 2 aromatic rings. The van der Waals surface area contributed by atoms with Crippen molar-refractivity contribution in [3.63, 3.8) is 0 Å². The van der Waals surface area contributed by atoms with Crippen LogP contribution in [0.5, 0.6) is 0 Å². The zero-order valence-corrected chi connectivity index (χ0v) is 14.1. The van der Waals surface area contributed by atoms with Gasteiger partial charge < -0.3 is 16.0 Å². The third kappa shape index (κ3) is 5.04. The van der Waals surface area contributed by atoms with E-state index >= 15 is 0 Å². The fourth-order valence-corrected chi connectivity index (χ4v) is 1.87. The molecule has 0 radical (unpaired) electrons. The molecule has 3 N–H and O–H groups in total. The molecule has 0 aliphatic carbocycles. The van der Waals surface area contributed by atoms with Gasteiger partial charge in [0.1, 0.15) is 0 Å². The number of benzene rings is 1. The smallest absolute Gasteiger partial charge is 0.269 e. The number of nitrogens with one attached hydrogen (secondary N) is 3. The van der Waals surface area contributed by atoms with E-state index in [1.807, 2.05) is 27.7 Å². The van der Waals surface area contributed by atoms with Crippen molar-refractivity contribution in [2.24, 2.45) is 0 Å². The third-order valence-corrected chi connectivity index (χ3v) is 2.81. The fraction of sp³-hybridized carbons (Fsp3) is 0.400.